The second-order valence-electron chi connectivity index (χ2n) is 6.00. The van der Waals surface area contributed by atoms with Crippen molar-refractivity contribution in [2.45, 2.75) is 11.8 Å². The number of rotatable bonds is 4. The number of carbonyl (C=O) groups is 1. The average Bonchev–Trinajstić information content (AvgIpc) is 2.63. The van der Waals surface area contributed by atoms with Crippen molar-refractivity contribution in [3.63, 3.8) is 0 Å². The van der Waals surface area contributed by atoms with E-state index in [0.29, 0.717) is 5.56 Å². The minimum Gasteiger partial charge on any atom is -0.507 e. The number of benzene rings is 3. The fourth-order valence-electron chi connectivity index (χ4n) is 2.82. The Balaban J connectivity index is 2.13. The Labute approximate surface area is 159 Å². The van der Waals surface area contributed by atoms with Gasteiger partial charge < -0.3 is 10.4 Å². The van der Waals surface area contributed by atoms with Crippen LogP contribution in [0.3, 0.4) is 0 Å². The Morgan fingerprint density at radius 2 is 1.86 bits per heavy atom. The summed E-state index contributed by atoms with van der Waals surface area (Å²) in [6, 6.07) is 10.3. The minimum absolute atomic E-state index is 0.00857. The maximum atomic E-state index is 12.6. The maximum absolute atomic E-state index is 12.6. The average molecular weight is 402 g/mol. The molecule has 0 radical (unpaired) electrons. The van der Waals surface area contributed by atoms with Gasteiger partial charge in [-0.3, -0.25) is 19.5 Å². The molecular weight excluding hydrogens is 388 g/mol. The molecule has 3 aromatic carbocycles. The number of aromatic hydroxyl groups is 1. The normalized spacial score (nSPS) is 11.4. The molecule has 0 heterocycles. The summed E-state index contributed by atoms with van der Waals surface area (Å²) < 4.78 is 32.9. The summed E-state index contributed by atoms with van der Waals surface area (Å²) in [5, 5.41) is 23.6. The van der Waals surface area contributed by atoms with E-state index in [0.717, 1.165) is 12.1 Å². The number of carbonyl (C=O) groups excluding carboxylic acids is 1. The molecule has 0 aliphatic carbocycles. The number of phenols is 1. The molecule has 10 heteroatoms. The van der Waals surface area contributed by atoms with Crippen LogP contribution in [-0.2, 0) is 10.1 Å². The van der Waals surface area contributed by atoms with Gasteiger partial charge in [-0.2, -0.15) is 8.42 Å². The third kappa shape index (κ3) is 3.50. The zero-order valence-electron chi connectivity index (χ0n) is 14.4. The first-order valence-corrected chi connectivity index (χ1v) is 9.32. The third-order valence-corrected chi connectivity index (χ3v) is 5.07. The van der Waals surface area contributed by atoms with Crippen molar-refractivity contribution in [1.82, 2.24) is 0 Å². The second-order valence-corrected chi connectivity index (χ2v) is 7.39. The summed E-state index contributed by atoms with van der Waals surface area (Å²) in [5.74, 6) is -0.968. The van der Waals surface area contributed by atoms with Gasteiger partial charge in [0.05, 0.1) is 10.6 Å². The zero-order valence-corrected chi connectivity index (χ0v) is 15.2. The fraction of sp³-hybridized carbons (Fsp3) is 0.0556. The Kier molecular flexibility index (Phi) is 4.75. The van der Waals surface area contributed by atoms with Gasteiger partial charge in [0.25, 0.3) is 21.7 Å². The molecule has 0 fully saturated rings. The first kappa shape index (κ1) is 19.3. The Hall–Kier alpha value is -3.50. The molecule has 0 aliphatic rings. The molecule has 28 heavy (non-hydrogen) atoms. The van der Waals surface area contributed by atoms with Crippen LogP contribution in [0.25, 0.3) is 10.8 Å². The van der Waals surface area contributed by atoms with Gasteiger partial charge in [0.15, 0.2) is 0 Å². The van der Waals surface area contributed by atoms with Gasteiger partial charge in [-0.25, -0.2) is 0 Å². The molecule has 3 N–H and O–H groups in total. The Morgan fingerprint density at radius 1 is 1.14 bits per heavy atom. The number of amides is 1. The largest absolute Gasteiger partial charge is 0.507 e. The fourth-order valence-corrected chi connectivity index (χ4v) is 3.55. The number of hydrogen-bond donors (Lipinski definition) is 3. The quantitative estimate of drug-likeness (QED) is 0.263. The molecule has 0 saturated heterocycles. The van der Waals surface area contributed by atoms with Gasteiger partial charge in [-0.15, -0.1) is 0 Å². The SMILES string of the molecule is Cc1ccc(C(=O)Nc2ccc(O)c3cccc(S(=O)(=O)O)c23)cc1[N+](=O)[O-]. The number of nitro benzene ring substituents is 1. The van der Waals surface area contributed by atoms with Gasteiger partial charge >= 0.3 is 0 Å². The van der Waals surface area contributed by atoms with Crippen molar-refractivity contribution >= 4 is 38.2 Å². The number of nitro groups is 1. The summed E-state index contributed by atoms with van der Waals surface area (Å²) in [4.78, 5) is 22.5. The highest BCUT2D eigenvalue weighted by Crippen LogP contribution is 2.35. The number of anilines is 1. The molecule has 0 spiro atoms. The number of fused-ring (bicyclic) bond motifs is 1. The van der Waals surface area contributed by atoms with Crippen LogP contribution in [0.1, 0.15) is 15.9 Å². The molecule has 0 aromatic heterocycles. The van der Waals surface area contributed by atoms with E-state index >= 15 is 0 Å². The summed E-state index contributed by atoms with van der Waals surface area (Å²) in [6.45, 7) is 1.53. The second kappa shape index (κ2) is 6.91. The molecule has 0 aliphatic heterocycles. The Bertz CT molecular complexity index is 1240. The van der Waals surface area contributed by atoms with E-state index in [1.807, 2.05) is 0 Å². The lowest BCUT2D eigenvalue weighted by atomic mass is 10.1. The van der Waals surface area contributed by atoms with E-state index < -0.39 is 25.8 Å². The topological polar surface area (TPSA) is 147 Å². The van der Waals surface area contributed by atoms with E-state index in [2.05, 4.69) is 5.32 Å². The van der Waals surface area contributed by atoms with Crippen LogP contribution in [0, 0.1) is 17.0 Å². The van der Waals surface area contributed by atoms with Crippen LogP contribution in [0.2, 0.25) is 0 Å². The van der Waals surface area contributed by atoms with Gasteiger partial charge in [0.2, 0.25) is 0 Å². The number of aryl methyl sites for hydroxylation is 1. The predicted molar refractivity (Wildman–Crippen MR) is 101 cm³/mol. The van der Waals surface area contributed by atoms with Crippen molar-refractivity contribution in [3.05, 3.63) is 69.8 Å². The molecule has 1 amide bonds. The van der Waals surface area contributed by atoms with Crippen molar-refractivity contribution in [2.75, 3.05) is 5.32 Å². The van der Waals surface area contributed by atoms with E-state index in [1.54, 1.807) is 0 Å². The summed E-state index contributed by atoms with van der Waals surface area (Å²) in [7, 11) is -4.64. The summed E-state index contributed by atoms with van der Waals surface area (Å²) in [6.07, 6.45) is 0. The molecule has 0 atom stereocenters. The molecule has 144 valence electrons. The number of nitrogens with zero attached hydrogens (tertiary/aromatic N) is 1. The van der Waals surface area contributed by atoms with Crippen LogP contribution in [0.15, 0.2) is 53.4 Å². The Morgan fingerprint density at radius 3 is 2.50 bits per heavy atom. The van der Waals surface area contributed by atoms with Crippen LogP contribution in [-0.4, -0.2) is 28.9 Å². The molecular formula is C18H14N2O7S. The van der Waals surface area contributed by atoms with Crippen molar-refractivity contribution in [3.8, 4) is 5.75 Å². The van der Waals surface area contributed by atoms with Crippen molar-refractivity contribution < 1.29 is 27.8 Å². The lowest BCUT2D eigenvalue weighted by Crippen LogP contribution is -2.13. The lowest BCUT2D eigenvalue weighted by Gasteiger charge is -2.13. The number of nitrogens with one attached hydrogen (secondary N) is 1. The van der Waals surface area contributed by atoms with E-state index in [9.17, 15) is 33.0 Å². The highest BCUT2D eigenvalue weighted by Gasteiger charge is 2.21. The monoisotopic (exact) mass is 402 g/mol. The van der Waals surface area contributed by atoms with Gasteiger partial charge in [-0.05, 0) is 31.2 Å². The van der Waals surface area contributed by atoms with Gasteiger partial charge in [-0.1, -0.05) is 18.2 Å². The highest BCUT2D eigenvalue weighted by atomic mass is 32.2. The predicted octanol–water partition coefficient (Wildman–Crippen LogP) is 3.26. The molecule has 0 unspecified atom stereocenters. The molecule has 0 bridgehead atoms. The van der Waals surface area contributed by atoms with Crippen molar-refractivity contribution in [2.24, 2.45) is 0 Å². The standard InChI is InChI=1S/C18H14N2O7S/c1-10-5-6-11(9-14(10)20(23)24)18(22)19-13-7-8-15(21)12-3-2-4-16(17(12)13)28(25,26)27/h2-9,21H,1H3,(H,19,22)(H,25,26,27). The highest BCUT2D eigenvalue weighted by molar-refractivity contribution is 7.86. The number of hydrogen-bond acceptors (Lipinski definition) is 6. The lowest BCUT2D eigenvalue weighted by molar-refractivity contribution is -0.385. The summed E-state index contributed by atoms with van der Waals surface area (Å²) >= 11 is 0. The van der Waals surface area contributed by atoms with Crippen LogP contribution < -0.4 is 5.32 Å². The van der Waals surface area contributed by atoms with Crippen molar-refractivity contribution in [1.29, 1.82) is 0 Å². The smallest absolute Gasteiger partial charge is 0.295 e. The summed E-state index contributed by atoms with van der Waals surface area (Å²) in [5.41, 5.74) is 0.143. The molecule has 3 rings (SSSR count). The molecule has 3 aromatic rings. The van der Waals surface area contributed by atoms with E-state index in [4.69, 9.17) is 0 Å². The van der Waals surface area contributed by atoms with E-state index in [1.165, 1.54) is 43.3 Å². The van der Waals surface area contributed by atoms with Gasteiger partial charge in [0, 0.05) is 28.0 Å². The van der Waals surface area contributed by atoms with Crippen LogP contribution >= 0.6 is 0 Å². The third-order valence-electron chi connectivity index (χ3n) is 4.17. The number of phenolic OH excluding ortho intramolecular Hbond substituents is 1. The first-order chi connectivity index (χ1) is 13.1. The van der Waals surface area contributed by atoms with Gasteiger partial charge in [0.1, 0.15) is 10.6 Å². The van der Waals surface area contributed by atoms with Crippen LogP contribution in [0.5, 0.6) is 5.75 Å². The maximum Gasteiger partial charge on any atom is 0.295 e. The zero-order chi connectivity index (χ0) is 20.6. The molecule has 0 saturated carbocycles. The minimum atomic E-state index is -4.64. The van der Waals surface area contributed by atoms with Crippen LogP contribution in [0.4, 0.5) is 11.4 Å². The molecule has 9 nitrogen and oxygen atoms in total. The first-order valence-electron chi connectivity index (χ1n) is 7.88. The van der Waals surface area contributed by atoms with E-state index in [-0.39, 0.29) is 33.5 Å².